The summed E-state index contributed by atoms with van der Waals surface area (Å²) >= 11 is 0. The van der Waals surface area contributed by atoms with Gasteiger partial charge in [-0.3, -0.25) is 4.79 Å². The van der Waals surface area contributed by atoms with Crippen molar-refractivity contribution in [2.24, 2.45) is 5.92 Å². The van der Waals surface area contributed by atoms with E-state index in [1.165, 1.54) is 51.4 Å². The molecule has 104 valence electrons. The number of ketones is 1. The van der Waals surface area contributed by atoms with Gasteiger partial charge in [0.25, 0.3) is 0 Å². The molecule has 0 amide bonds. The van der Waals surface area contributed by atoms with Crippen molar-refractivity contribution in [3.8, 4) is 0 Å². The van der Waals surface area contributed by atoms with Crippen molar-refractivity contribution in [3.05, 3.63) is 35.9 Å². The lowest BCUT2D eigenvalue weighted by molar-refractivity contribution is 0.0902. The van der Waals surface area contributed by atoms with Crippen molar-refractivity contribution in [1.29, 1.82) is 0 Å². The number of carbonyl (C=O) groups is 1. The predicted octanol–water partition coefficient (Wildman–Crippen LogP) is 5.40. The van der Waals surface area contributed by atoms with Gasteiger partial charge in [0.05, 0.1) is 0 Å². The van der Waals surface area contributed by atoms with Crippen LogP contribution in [-0.2, 0) is 0 Å². The van der Waals surface area contributed by atoms with Gasteiger partial charge in [-0.15, -0.1) is 0 Å². The summed E-state index contributed by atoms with van der Waals surface area (Å²) < 4.78 is 0. The maximum Gasteiger partial charge on any atom is 0.165 e. The second kappa shape index (κ2) is 8.14. The molecular weight excluding hydrogens is 232 g/mol. The molecule has 0 radical (unpaired) electrons. The second-order valence-electron chi connectivity index (χ2n) is 5.83. The van der Waals surface area contributed by atoms with E-state index < -0.39 is 0 Å². The summed E-state index contributed by atoms with van der Waals surface area (Å²) in [7, 11) is 0. The third-order valence-electron chi connectivity index (χ3n) is 4.28. The highest BCUT2D eigenvalue weighted by molar-refractivity contribution is 5.97. The quantitative estimate of drug-likeness (QED) is 0.649. The minimum atomic E-state index is 0.264. The Morgan fingerprint density at radius 1 is 0.737 bits per heavy atom. The van der Waals surface area contributed by atoms with Crippen LogP contribution in [0.25, 0.3) is 0 Å². The Balaban J connectivity index is 1.96. The Morgan fingerprint density at radius 3 is 1.74 bits per heavy atom. The summed E-state index contributed by atoms with van der Waals surface area (Å²) in [6, 6.07) is 9.85. The highest BCUT2D eigenvalue weighted by Gasteiger charge is 2.19. The molecule has 1 aromatic carbocycles. The molecule has 1 heteroatoms. The topological polar surface area (TPSA) is 17.1 Å². The third kappa shape index (κ3) is 4.81. The maximum atomic E-state index is 12.5. The summed E-state index contributed by atoms with van der Waals surface area (Å²) in [5.41, 5.74) is 0.905. The van der Waals surface area contributed by atoms with Gasteiger partial charge in [-0.2, -0.15) is 0 Å². The van der Waals surface area contributed by atoms with Crippen LogP contribution in [0.3, 0.4) is 0 Å². The Bertz CT molecular complexity index is 357. The molecule has 1 fully saturated rings. The Kier molecular flexibility index (Phi) is 6.13. The Morgan fingerprint density at radius 2 is 1.21 bits per heavy atom. The molecule has 19 heavy (non-hydrogen) atoms. The second-order valence-corrected chi connectivity index (χ2v) is 5.83. The molecule has 0 N–H and O–H groups in total. The van der Waals surface area contributed by atoms with E-state index in [-0.39, 0.29) is 5.92 Å². The van der Waals surface area contributed by atoms with Crippen molar-refractivity contribution >= 4 is 5.78 Å². The van der Waals surface area contributed by atoms with Crippen LogP contribution in [0.4, 0.5) is 0 Å². The fraction of sp³-hybridized carbons (Fsp3) is 0.611. The van der Waals surface area contributed by atoms with Crippen LogP contribution >= 0.6 is 0 Å². The first-order chi connectivity index (χ1) is 9.38. The molecule has 1 aliphatic rings. The van der Waals surface area contributed by atoms with E-state index in [0.717, 1.165) is 18.4 Å². The van der Waals surface area contributed by atoms with Gasteiger partial charge in [0.1, 0.15) is 0 Å². The molecule has 1 aromatic rings. The van der Waals surface area contributed by atoms with E-state index in [2.05, 4.69) is 0 Å². The molecule has 1 nitrogen and oxygen atoms in total. The van der Waals surface area contributed by atoms with Crippen molar-refractivity contribution in [2.75, 3.05) is 0 Å². The van der Waals surface area contributed by atoms with E-state index in [9.17, 15) is 4.79 Å². The molecule has 2 rings (SSSR count). The highest BCUT2D eigenvalue weighted by Crippen LogP contribution is 2.24. The minimum absolute atomic E-state index is 0.264. The zero-order chi connectivity index (χ0) is 13.3. The zero-order valence-electron chi connectivity index (χ0n) is 11.9. The van der Waals surface area contributed by atoms with Gasteiger partial charge in [0, 0.05) is 11.5 Å². The van der Waals surface area contributed by atoms with Gasteiger partial charge in [0.15, 0.2) is 5.78 Å². The smallest absolute Gasteiger partial charge is 0.165 e. The van der Waals surface area contributed by atoms with Crippen molar-refractivity contribution < 1.29 is 4.79 Å². The van der Waals surface area contributed by atoms with E-state index in [1.807, 2.05) is 30.3 Å². The molecule has 1 aliphatic carbocycles. The average molecular weight is 258 g/mol. The van der Waals surface area contributed by atoms with Gasteiger partial charge in [0.2, 0.25) is 0 Å². The number of hydrogen-bond acceptors (Lipinski definition) is 1. The number of rotatable bonds is 2. The SMILES string of the molecule is O=C(c1ccccc1)C1CCCCCCCCCC1. The monoisotopic (exact) mass is 258 g/mol. The fourth-order valence-corrected chi connectivity index (χ4v) is 3.09. The molecule has 0 bridgehead atoms. The maximum absolute atomic E-state index is 12.5. The third-order valence-corrected chi connectivity index (χ3v) is 4.28. The summed E-state index contributed by atoms with van der Waals surface area (Å²) in [6.45, 7) is 0. The largest absolute Gasteiger partial charge is 0.294 e. The van der Waals surface area contributed by atoms with Crippen LogP contribution in [0.1, 0.15) is 74.6 Å². The van der Waals surface area contributed by atoms with Crippen LogP contribution in [0.15, 0.2) is 30.3 Å². The zero-order valence-corrected chi connectivity index (χ0v) is 11.9. The van der Waals surface area contributed by atoms with Gasteiger partial charge in [-0.05, 0) is 12.8 Å². The number of carbonyl (C=O) groups excluding carboxylic acids is 1. The Labute approximate surface area is 117 Å². The standard InChI is InChI=1S/C18H26O/c19-18(17-14-10-7-11-15-17)16-12-8-5-3-1-2-4-6-9-13-16/h7,10-11,14-16H,1-6,8-9,12-13H2. The molecule has 0 atom stereocenters. The van der Waals surface area contributed by atoms with Gasteiger partial charge in [-0.25, -0.2) is 0 Å². The molecular formula is C18H26O. The van der Waals surface area contributed by atoms with E-state index in [1.54, 1.807) is 0 Å². The van der Waals surface area contributed by atoms with Gasteiger partial charge in [-0.1, -0.05) is 81.7 Å². The molecule has 0 saturated heterocycles. The molecule has 0 spiro atoms. The normalized spacial score (nSPS) is 19.6. The molecule has 0 aliphatic heterocycles. The van der Waals surface area contributed by atoms with Gasteiger partial charge < -0.3 is 0 Å². The van der Waals surface area contributed by atoms with Crippen LogP contribution in [0, 0.1) is 5.92 Å². The minimum Gasteiger partial charge on any atom is -0.294 e. The first kappa shape index (κ1) is 14.3. The summed E-state index contributed by atoms with van der Waals surface area (Å²) in [5.74, 6) is 0.639. The van der Waals surface area contributed by atoms with Gasteiger partial charge >= 0.3 is 0 Å². The lowest BCUT2D eigenvalue weighted by Crippen LogP contribution is -2.15. The summed E-state index contributed by atoms with van der Waals surface area (Å²) in [4.78, 5) is 12.5. The summed E-state index contributed by atoms with van der Waals surface area (Å²) in [6.07, 6.45) is 12.7. The summed E-state index contributed by atoms with van der Waals surface area (Å²) in [5, 5.41) is 0. The number of benzene rings is 1. The van der Waals surface area contributed by atoms with E-state index in [4.69, 9.17) is 0 Å². The lowest BCUT2D eigenvalue weighted by atomic mass is 9.88. The molecule has 0 unspecified atom stereocenters. The number of hydrogen-bond donors (Lipinski definition) is 0. The van der Waals surface area contributed by atoms with Crippen LogP contribution in [0.2, 0.25) is 0 Å². The number of Topliss-reactive ketones (excluding diaryl/α,β-unsaturated/α-hetero) is 1. The first-order valence-electron chi connectivity index (χ1n) is 7.97. The van der Waals surface area contributed by atoms with E-state index in [0.29, 0.717) is 5.78 Å². The van der Waals surface area contributed by atoms with Crippen LogP contribution in [-0.4, -0.2) is 5.78 Å². The molecule has 0 heterocycles. The van der Waals surface area contributed by atoms with Crippen molar-refractivity contribution in [2.45, 2.75) is 64.2 Å². The van der Waals surface area contributed by atoms with Crippen LogP contribution in [0.5, 0.6) is 0 Å². The lowest BCUT2D eigenvalue weighted by Gasteiger charge is -2.15. The average Bonchev–Trinajstić information content (AvgIpc) is 2.52. The van der Waals surface area contributed by atoms with Crippen molar-refractivity contribution in [3.63, 3.8) is 0 Å². The Hall–Kier alpha value is -1.11. The molecule has 1 saturated carbocycles. The van der Waals surface area contributed by atoms with E-state index >= 15 is 0 Å². The first-order valence-corrected chi connectivity index (χ1v) is 7.97. The predicted molar refractivity (Wildman–Crippen MR) is 80.4 cm³/mol. The van der Waals surface area contributed by atoms with Crippen LogP contribution < -0.4 is 0 Å². The highest BCUT2D eigenvalue weighted by atomic mass is 16.1. The molecule has 0 aromatic heterocycles. The fourth-order valence-electron chi connectivity index (χ4n) is 3.09. The van der Waals surface area contributed by atoms with Crippen molar-refractivity contribution in [1.82, 2.24) is 0 Å².